The third kappa shape index (κ3) is 9.30. The summed E-state index contributed by atoms with van der Waals surface area (Å²) >= 11 is 0. The van der Waals surface area contributed by atoms with Crippen LogP contribution in [0.2, 0.25) is 0 Å². The number of carbonyl (C=O) groups is 1. The first-order valence-corrected chi connectivity index (χ1v) is 9.55. The van der Waals surface area contributed by atoms with Gasteiger partial charge in [-0.1, -0.05) is 25.0 Å². The molecule has 1 aromatic rings. The van der Waals surface area contributed by atoms with Gasteiger partial charge in [0.15, 0.2) is 5.96 Å². The molecular weight excluding hydrogens is 455 g/mol. The van der Waals surface area contributed by atoms with Crippen molar-refractivity contribution < 1.29 is 9.53 Å². The zero-order valence-electron chi connectivity index (χ0n) is 16.4. The Kier molecular flexibility index (Phi) is 11.9. The zero-order chi connectivity index (χ0) is 18.6. The van der Waals surface area contributed by atoms with Crippen LogP contribution in [-0.4, -0.2) is 45.7 Å². The first kappa shape index (κ1) is 23.5. The van der Waals surface area contributed by atoms with E-state index in [0.29, 0.717) is 25.4 Å². The highest BCUT2D eigenvalue weighted by Gasteiger charge is 2.17. The predicted molar refractivity (Wildman–Crippen MR) is 121 cm³/mol. The minimum absolute atomic E-state index is 0. The van der Waals surface area contributed by atoms with E-state index >= 15 is 0 Å². The van der Waals surface area contributed by atoms with Crippen LogP contribution in [0.1, 0.15) is 37.7 Å². The maximum atomic E-state index is 11.9. The topological polar surface area (TPSA) is 74.8 Å². The largest absolute Gasteiger partial charge is 0.497 e. The average molecular weight is 488 g/mol. The molecule has 0 heterocycles. The number of hydrogen-bond donors (Lipinski definition) is 3. The molecule has 0 radical (unpaired) electrons. The van der Waals surface area contributed by atoms with Crippen molar-refractivity contribution in [2.24, 2.45) is 10.9 Å². The van der Waals surface area contributed by atoms with E-state index in [4.69, 9.17) is 4.74 Å². The highest BCUT2D eigenvalue weighted by atomic mass is 127. The highest BCUT2D eigenvalue weighted by molar-refractivity contribution is 14.0. The number of halogens is 1. The lowest BCUT2D eigenvalue weighted by Crippen LogP contribution is -2.42. The number of nitrogens with one attached hydrogen (secondary N) is 3. The van der Waals surface area contributed by atoms with Gasteiger partial charge in [0.2, 0.25) is 5.91 Å². The Balaban J connectivity index is 0.00000364. The number of nitrogens with zero attached hydrogens (tertiary/aromatic N) is 1. The summed E-state index contributed by atoms with van der Waals surface area (Å²) in [6.45, 7) is 2.07. The highest BCUT2D eigenvalue weighted by Crippen LogP contribution is 2.27. The minimum Gasteiger partial charge on any atom is -0.497 e. The van der Waals surface area contributed by atoms with E-state index in [2.05, 4.69) is 33.1 Å². The summed E-state index contributed by atoms with van der Waals surface area (Å²) in [6.07, 6.45) is 6.54. The molecule has 7 heteroatoms. The smallest absolute Gasteiger partial charge is 0.220 e. The minimum atomic E-state index is 0. The van der Waals surface area contributed by atoms with Crippen LogP contribution in [0.3, 0.4) is 0 Å². The third-order valence-electron chi connectivity index (χ3n) is 4.78. The molecule has 6 nitrogen and oxygen atoms in total. The Bertz CT molecular complexity index is 572. The van der Waals surface area contributed by atoms with Gasteiger partial charge in [0.05, 0.1) is 7.11 Å². The molecule has 1 fully saturated rings. The van der Waals surface area contributed by atoms with Gasteiger partial charge in [-0.2, -0.15) is 0 Å². The van der Waals surface area contributed by atoms with Gasteiger partial charge >= 0.3 is 0 Å². The van der Waals surface area contributed by atoms with E-state index in [1.165, 1.54) is 31.2 Å². The second-order valence-electron chi connectivity index (χ2n) is 6.73. The summed E-state index contributed by atoms with van der Waals surface area (Å²) in [5.74, 6) is 2.38. The Morgan fingerprint density at radius 1 is 1.07 bits per heavy atom. The SMILES string of the molecule is CN=C(NCCNC(=O)CC1CCCC1)NCCc1ccc(OC)cc1.I. The number of guanidine groups is 1. The van der Waals surface area contributed by atoms with Crippen molar-refractivity contribution in [1.29, 1.82) is 0 Å². The molecule has 0 aromatic heterocycles. The third-order valence-corrected chi connectivity index (χ3v) is 4.78. The Hall–Kier alpha value is -1.51. The predicted octanol–water partition coefficient (Wildman–Crippen LogP) is 2.72. The van der Waals surface area contributed by atoms with Gasteiger partial charge in [0.25, 0.3) is 0 Å². The quantitative estimate of drug-likeness (QED) is 0.216. The van der Waals surface area contributed by atoms with Crippen LogP contribution in [0.5, 0.6) is 5.75 Å². The van der Waals surface area contributed by atoms with Crippen LogP contribution < -0.4 is 20.7 Å². The van der Waals surface area contributed by atoms with E-state index in [-0.39, 0.29) is 29.9 Å². The van der Waals surface area contributed by atoms with E-state index in [9.17, 15) is 4.79 Å². The van der Waals surface area contributed by atoms with Crippen LogP contribution in [0.25, 0.3) is 0 Å². The lowest BCUT2D eigenvalue weighted by atomic mass is 10.0. The molecule has 152 valence electrons. The van der Waals surface area contributed by atoms with Crippen molar-refractivity contribution in [3.8, 4) is 5.75 Å². The van der Waals surface area contributed by atoms with Crippen molar-refractivity contribution in [1.82, 2.24) is 16.0 Å². The van der Waals surface area contributed by atoms with Crippen LogP contribution in [0.4, 0.5) is 0 Å². The number of benzene rings is 1. The number of ether oxygens (including phenoxy) is 1. The maximum Gasteiger partial charge on any atom is 0.220 e. The molecule has 0 atom stereocenters. The molecule has 2 rings (SSSR count). The van der Waals surface area contributed by atoms with Crippen LogP contribution >= 0.6 is 24.0 Å². The number of carbonyl (C=O) groups excluding carboxylic acids is 1. The number of aliphatic imine (C=N–C) groups is 1. The molecule has 1 aromatic carbocycles. The molecule has 27 heavy (non-hydrogen) atoms. The van der Waals surface area contributed by atoms with Crippen LogP contribution in [0.15, 0.2) is 29.3 Å². The molecule has 3 N–H and O–H groups in total. The second-order valence-corrected chi connectivity index (χ2v) is 6.73. The maximum absolute atomic E-state index is 11.9. The summed E-state index contributed by atoms with van der Waals surface area (Å²) in [7, 11) is 3.42. The standard InChI is InChI=1S/C20H32N4O2.HI/c1-21-20(23-12-11-16-7-9-18(26-2)10-8-16)24-14-13-22-19(25)15-17-5-3-4-6-17;/h7-10,17H,3-6,11-15H2,1-2H3,(H,22,25)(H2,21,23,24);1H. The first-order chi connectivity index (χ1) is 12.7. The van der Waals surface area contributed by atoms with Gasteiger partial charge < -0.3 is 20.7 Å². The molecule has 1 aliphatic carbocycles. The van der Waals surface area contributed by atoms with Crippen molar-refractivity contribution in [3.63, 3.8) is 0 Å². The molecule has 0 saturated heterocycles. The molecule has 0 bridgehead atoms. The summed E-state index contributed by atoms with van der Waals surface area (Å²) in [6, 6.07) is 8.07. The Morgan fingerprint density at radius 2 is 1.70 bits per heavy atom. The van der Waals surface area contributed by atoms with E-state index < -0.39 is 0 Å². The normalized spacial score (nSPS) is 14.4. The van der Waals surface area contributed by atoms with Crippen LogP contribution in [0, 0.1) is 5.92 Å². The number of hydrogen-bond acceptors (Lipinski definition) is 3. The van der Waals surface area contributed by atoms with Gasteiger partial charge in [0, 0.05) is 33.1 Å². The first-order valence-electron chi connectivity index (χ1n) is 9.55. The molecule has 1 amide bonds. The van der Waals surface area contributed by atoms with Crippen LogP contribution in [-0.2, 0) is 11.2 Å². The van der Waals surface area contributed by atoms with E-state index in [1.54, 1.807) is 14.2 Å². The molecule has 1 saturated carbocycles. The van der Waals surface area contributed by atoms with Gasteiger partial charge in [-0.25, -0.2) is 0 Å². The summed E-state index contributed by atoms with van der Waals surface area (Å²) < 4.78 is 5.16. The monoisotopic (exact) mass is 488 g/mol. The average Bonchev–Trinajstić information content (AvgIpc) is 3.17. The van der Waals surface area contributed by atoms with Gasteiger partial charge in [-0.05, 0) is 42.9 Å². The second kappa shape index (κ2) is 13.6. The molecule has 0 spiro atoms. The Labute approximate surface area is 179 Å². The summed E-state index contributed by atoms with van der Waals surface area (Å²) in [5.41, 5.74) is 1.24. The zero-order valence-corrected chi connectivity index (χ0v) is 18.8. The Morgan fingerprint density at radius 3 is 2.33 bits per heavy atom. The number of amides is 1. The number of methoxy groups -OCH3 is 1. The van der Waals surface area contributed by atoms with Gasteiger partial charge in [0.1, 0.15) is 5.75 Å². The summed E-state index contributed by atoms with van der Waals surface area (Å²) in [5, 5.41) is 9.50. The van der Waals surface area contributed by atoms with Gasteiger partial charge in [-0.3, -0.25) is 9.79 Å². The summed E-state index contributed by atoms with van der Waals surface area (Å²) in [4.78, 5) is 16.1. The molecule has 0 unspecified atom stereocenters. The van der Waals surface area contributed by atoms with Crippen molar-refractivity contribution in [2.75, 3.05) is 33.8 Å². The fourth-order valence-corrected chi connectivity index (χ4v) is 3.27. The van der Waals surface area contributed by atoms with Gasteiger partial charge in [-0.15, -0.1) is 24.0 Å². The fourth-order valence-electron chi connectivity index (χ4n) is 3.27. The molecular formula is C20H33IN4O2. The lowest BCUT2D eigenvalue weighted by molar-refractivity contribution is -0.121. The lowest BCUT2D eigenvalue weighted by Gasteiger charge is -2.13. The van der Waals surface area contributed by atoms with E-state index in [0.717, 1.165) is 24.7 Å². The van der Waals surface area contributed by atoms with Crippen molar-refractivity contribution in [2.45, 2.75) is 38.5 Å². The molecule has 1 aliphatic rings. The van der Waals surface area contributed by atoms with E-state index in [1.807, 2.05) is 12.1 Å². The van der Waals surface area contributed by atoms with Crippen molar-refractivity contribution in [3.05, 3.63) is 29.8 Å². The van der Waals surface area contributed by atoms with Crippen molar-refractivity contribution >= 4 is 35.8 Å². The molecule has 0 aliphatic heterocycles. The number of rotatable bonds is 9. The fraction of sp³-hybridized carbons (Fsp3) is 0.600.